The van der Waals surface area contributed by atoms with E-state index in [0.717, 1.165) is 5.70 Å². The Hall–Kier alpha value is -1.84. The molecular formula is C15H22N2O2. The lowest BCUT2D eigenvalue weighted by molar-refractivity contribution is -0.117. The van der Waals surface area contributed by atoms with Gasteiger partial charge in [-0.05, 0) is 31.4 Å². The highest BCUT2D eigenvalue weighted by atomic mass is 16.3. The van der Waals surface area contributed by atoms with Crippen LogP contribution in [0.5, 0.6) is 0 Å². The second-order valence-electron chi connectivity index (χ2n) is 5.78. The van der Waals surface area contributed by atoms with Crippen LogP contribution in [0.25, 0.3) is 0 Å². The summed E-state index contributed by atoms with van der Waals surface area (Å²) in [5, 5.41) is 9.92. The van der Waals surface area contributed by atoms with E-state index in [9.17, 15) is 9.90 Å². The molecule has 0 aromatic carbocycles. The van der Waals surface area contributed by atoms with E-state index in [4.69, 9.17) is 5.73 Å². The van der Waals surface area contributed by atoms with Gasteiger partial charge in [0.2, 0.25) is 0 Å². The zero-order chi connectivity index (χ0) is 14.6. The Balaban J connectivity index is 2.90. The zero-order valence-corrected chi connectivity index (χ0v) is 12.0. The molecule has 1 rings (SSSR count). The molecule has 0 heterocycles. The Morgan fingerprint density at radius 2 is 1.95 bits per heavy atom. The monoisotopic (exact) mass is 262 g/mol. The highest BCUT2D eigenvalue weighted by Crippen LogP contribution is 2.35. The second-order valence-corrected chi connectivity index (χ2v) is 5.78. The van der Waals surface area contributed by atoms with Crippen LogP contribution in [0, 0.1) is 5.41 Å². The molecular weight excluding hydrogens is 240 g/mol. The van der Waals surface area contributed by atoms with Gasteiger partial charge in [0.25, 0.3) is 0 Å². The standard InChI is InChI=1S/C15H22N2O2/c1-10(16)5-6-11(2)17-9-12-13(18)7-15(3,4)8-14(12)19/h5-6,9,18H,7-8,16H2,1-4H3/b10-5+,11-6+,17-9?. The summed E-state index contributed by atoms with van der Waals surface area (Å²) in [5.41, 5.74) is 7.07. The fourth-order valence-corrected chi connectivity index (χ4v) is 1.91. The van der Waals surface area contributed by atoms with E-state index in [1.54, 1.807) is 19.1 Å². The summed E-state index contributed by atoms with van der Waals surface area (Å²) in [4.78, 5) is 16.1. The highest BCUT2D eigenvalue weighted by Gasteiger charge is 2.32. The number of aliphatic hydroxyl groups excluding tert-OH is 1. The van der Waals surface area contributed by atoms with Crippen LogP contribution < -0.4 is 5.73 Å². The van der Waals surface area contributed by atoms with E-state index < -0.39 is 0 Å². The number of hydrogen-bond donors (Lipinski definition) is 2. The first-order valence-electron chi connectivity index (χ1n) is 6.31. The van der Waals surface area contributed by atoms with Gasteiger partial charge in [-0.1, -0.05) is 13.8 Å². The number of ketones is 1. The number of aliphatic hydroxyl groups is 1. The number of carbonyl (C=O) groups is 1. The first-order valence-corrected chi connectivity index (χ1v) is 6.31. The maximum atomic E-state index is 11.9. The summed E-state index contributed by atoms with van der Waals surface area (Å²) >= 11 is 0. The van der Waals surface area contributed by atoms with E-state index >= 15 is 0 Å². The van der Waals surface area contributed by atoms with E-state index in [-0.39, 0.29) is 17.0 Å². The minimum atomic E-state index is -0.178. The number of allylic oxidation sites excluding steroid dienone is 6. The van der Waals surface area contributed by atoms with Gasteiger partial charge in [0.1, 0.15) is 5.76 Å². The number of aliphatic imine (C=N–C) groups is 1. The van der Waals surface area contributed by atoms with Gasteiger partial charge in [-0.25, -0.2) is 0 Å². The van der Waals surface area contributed by atoms with Gasteiger partial charge >= 0.3 is 0 Å². The Morgan fingerprint density at radius 3 is 2.47 bits per heavy atom. The molecule has 1 aliphatic rings. The van der Waals surface area contributed by atoms with Crippen LogP contribution in [-0.2, 0) is 4.79 Å². The Morgan fingerprint density at radius 1 is 1.32 bits per heavy atom. The molecule has 0 bridgehead atoms. The summed E-state index contributed by atoms with van der Waals surface area (Å²) in [6, 6.07) is 0. The molecule has 0 aliphatic heterocycles. The van der Waals surface area contributed by atoms with Crippen LogP contribution in [0.2, 0.25) is 0 Å². The molecule has 0 unspecified atom stereocenters. The lowest BCUT2D eigenvalue weighted by atomic mass is 9.77. The van der Waals surface area contributed by atoms with Crippen molar-refractivity contribution >= 4 is 12.0 Å². The number of Topliss-reactive ketones (excluding diaryl/α,β-unsaturated/α-hetero) is 1. The molecule has 4 heteroatoms. The van der Waals surface area contributed by atoms with Crippen LogP contribution in [-0.4, -0.2) is 17.1 Å². The Bertz CT molecular complexity index is 490. The summed E-state index contributed by atoms with van der Waals surface area (Å²) in [5.74, 6) is 0.0687. The third-order valence-corrected chi connectivity index (χ3v) is 2.88. The number of hydrogen-bond acceptors (Lipinski definition) is 4. The van der Waals surface area contributed by atoms with Crippen molar-refractivity contribution in [3.63, 3.8) is 0 Å². The van der Waals surface area contributed by atoms with Crippen molar-refractivity contribution in [3.05, 3.63) is 34.9 Å². The molecule has 0 radical (unpaired) electrons. The fraction of sp³-hybridized carbons (Fsp3) is 0.467. The predicted molar refractivity (Wildman–Crippen MR) is 77.9 cm³/mol. The summed E-state index contributed by atoms with van der Waals surface area (Å²) in [6.45, 7) is 7.53. The summed E-state index contributed by atoms with van der Waals surface area (Å²) < 4.78 is 0. The van der Waals surface area contributed by atoms with Crippen LogP contribution in [0.15, 0.2) is 39.9 Å². The summed E-state index contributed by atoms with van der Waals surface area (Å²) in [7, 11) is 0. The molecule has 0 aromatic heterocycles. The van der Waals surface area contributed by atoms with Crippen molar-refractivity contribution in [2.24, 2.45) is 16.1 Å². The van der Waals surface area contributed by atoms with Crippen LogP contribution >= 0.6 is 0 Å². The van der Waals surface area contributed by atoms with Crippen LogP contribution in [0.3, 0.4) is 0 Å². The Kier molecular flexibility index (Phi) is 4.70. The molecule has 0 atom stereocenters. The summed E-state index contributed by atoms with van der Waals surface area (Å²) in [6.07, 6.45) is 5.89. The molecule has 0 saturated heterocycles. The molecule has 3 N–H and O–H groups in total. The predicted octanol–water partition coefficient (Wildman–Crippen LogP) is 3.02. The average molecular weight is 262 g/mol. The van der Waals surface area contributed by atoms with Gasteiger partial charge in [-0.2, -0.15) is 0 Å². The molecule has 19 heavy (non-hydrogen) atoms. The highest BCUT2D eigenvalue weighted by molar-refractivity contribution is 6.14. The molecule has 0 aromatic rings. The maximum Gasteiger partial charge on any atom is 0.168 e. The largest absolute Gasteiger partial charge is 0.511 e. The van der Waals surface area contributed by atoms with Crippen LogP contribution in [0.4, 0.5) is 0 Å². The minimum Gasteiger partial charge on any atom is -0.511 e. The first-order chi connectivity index (χ1) is 8.71. The zero-order valence-electron chi connectivity index (χ0n) is 12.0. The smallest absolute Gasteiger partial charge is 0.168 e. The number of carbonyl (C=O) groups excluding carboxylic acids is 1. The van der Waals surface area contributed by atoms with Gasteiger partial charge in [0.15, 0.2) is 5.78 Å². The molecule has 0 fully saturated rings. The van der Waals surface area contributed by atoms with E-state index in [2.05, 4.69) is 4.99 Å². The van der Waals surface area contributed by atoms with E-state index in [0.29, 0.717) is 24.1 Å². The van der Waals surface area contributed by atoms with Gasteiger partial charge in [0, 0.05) is 30.5 Å². The van der Waals surface area contributed by atoms with Crippen molar-refractivity contribution in [1.29, 1.82) is 0 Å². The third kappa shape index (κ3) is 4.73. The Labute approximate surface area is 114 Å². The number of rotatable bonds is 3. The van der Waals surface area contributed by atoms with E-state index in [1.165, 1.54) is 6.21 Å². The molecule has 104 valence electrons. The molecule has 0 amide bonds. The molecule has 0 saturated carbocycles. The van der Waals surface area contributed by atoms with Gasteiger partial charge in [0.05, 0.1) is 5.57 Å². The van der Waals surface area contributed by atoms with Crippen LogP contribution in [0.1, 0.15) is 40.5 Å². The lowest BCUT2D eigenvalue weighted by Crippen LogP contribution is -2.26. The van der Waals surface area contributed by atoms with Crippen molar-refractivity contribution in [2.75, 3.05) is 0 Å². The lowest BCUT2D eigenvalue weighted by Gasteiger charge is -2.28. The average Bonchev–Trinajstić information content (AvgIpc) is 2.23. The normalized spacial score (nSPS) is 21.4. The SMILES string of the molecule is C/C(N)=C\C=C(/C)N=CC1=C(O)CC(C)(C)CC1=O. The maximum absolute atomic E-state index is 11.9. The minimum absolute atomic E-state index is 0.0594. The fourth-order valence-electron chi connectivity index (χ4n) is 1.91. The van der Waals surface area contributed by atoms with Crippen molar-refractivity contribution in [1.82, 2.24) is 0 Å². The van der Waals surface area contributed by atoms with Gasteiger partial charge in [-0.15, -0.1) is 0 Å². The van der Waals surface area contributed by atoms with Gasteiger partial charge in [-0.3, -0.25) is 9.79 Å². The van der Waals surface area contributed by atoms with Crippen molar-refractivity contribution in [2.45, 2.75) is 40.5 Å². The van der Waals surface area contributed by atoms with Crippen molar-refractivity contribution < 1.29 is 9.90 Å². The molecule has 0 spiro atoms. The number of nitrogens with zero attached hydrogens (tertiary/aromatic N) is 1. The quantitative estimate of drug-likeness (QED) is 0.606. The third-order valence-electron chi connectivity index (χ3n) is 2.88. The van der Waals surface area contributed by atoms with E-state index in [1.807, 2.05) is 20.8 Å². The van der Waals surface area contributed by atoms with Crippen molar-refractivity contribution in [3.8, 4) is 0 Å². The van der Waals surface area contributed by atoms with Gasteiger partial charge < -0.3 is 10.8 Å². The molecule has 1 aliphatic carbocycles. The second kappa shape index (κ2) is 5.87. The topological polar surface area (TPSA) is 75.7 Å². The number of nitrogens with two attached hydrogens (primary N) is 1. The molecule has 4 nitrogen and oxygen atoms in total. The first kappa shape index (κ1) is 15.2.